The van der Waals surface area contributed by atoms with Crippen molar-refractivity contribution in [2.24, 2.45) is 0 Å². The molecule has 2 aliphatic rings. The van der Waals surface area contributed by atoms with Crippen LogP contribution >= 0.6 is 0 Å². The summed E-state index contributed by atoms with van der Waals surface area (Å²) in [6.07, 6.45) is -15.7. The summed E-state index contributed by atoms with van der Waals surface area (Å²) < 4.78 is 22.3. The third kappa shape index (κ3) is 5.20. The van der Waals surface area contributed by atoms with Crippen molar-refractivity contribution in [1.29, 1.82) is 0 Å². The summed E-state index contributed by atoms with van der Waals surface area (Å²) in [5.74, 6) is -1.24. The molecule has 10 N–H and O–H groups in total. The van der Waals surface area contributed by atoms with Gasteiger partial charge >= 0.3 is 0 Å². The zero-order valence-electron chi connectivity index (χ0n) is 21.7. The van der Waals surface area contributed by atoms with E-state index in [1.807, 2.05) is 0 Å². The highest BCUT2D eigenvalue weighted by atomic mass is 16.7. The van der Waals surface area contributed by atoms with E-state index >= 15 is 0 Å². The quantitative estimate of drug-likeness (QED) is 0.142. The summed E-state index contributed by atoms with van der Waals surface area (Å²) in [5.41, 5.74) is -1.16. The molecule has 3 aromatic rings. The second kappa shape index (κ2) is 11.7. The molecule has 2 fully saturated rings. The van der Waals surface area contributed by atoms with Crippen LogP contribution in [0.4, 0.5) is 0 Å². The number of aliphatic hydroxyl groups is 8. The lowest BCUT2D eigenvalue weighted by Gasteiger charge is -2.40. The monoisotopic (exact) mass is 594 g/mol. The van der Waals surface area contributed by atoms with Gasteiger partial charge in [-0.2, -0.15) is 0 Å². The van der Waals surface area contributed by atoms with Gasteiger partial charge in [0.05, 0.1) is 18.8 Å². The summed E-state index contributed by atoms with van der Waals surface area (Å²) in [4.78, 5) is 13.1. The van der Waals surface area contributed by atoms with E-state index in [1.54, 1.807) is 0 Å². The maximum atomic E-state index is 13.1. The maximum Gasteiger partial charge on any atom is 0.229 e. The van der Waals surface area contributed by atoms with Crippen molar-refractivity contribution in [2.75, 3.05) is 13.2 Å². The van der Waals surface area contributed by atoms with Crippen LogP contribution in [0.15, 0.2) is 45.6 Å². The number of aromatic hydroxyl groups is 2. The molecule has 0 unspecified atom stereocenters. The van der Waals surface area contributed by atoms with Gasteiger partial charge in [0.2, 0.25) is 6.29 Å². The molecule has 42 heavy (non-hydrogen) atoms. The second-order valence-corrected chi connectivity index (χ2v) is 10.1. The minimum atomic E-state index is -1.82. The van der Waals surface area contributed by atoms with Crippen LogP contribution in [0.25, 0.3) is 22.3 Å². The molecule has 2 saturated heterocycles. The largest absolute Gasteiger partial charge is 0.507 e. The van der Waals surface area contributed by atoms with E-state index in [1.165, 1.54) is 24.3 Å². The molecule has 5 rings (SSSR count). The summed E-state index contributed by atoms with van der Waals surface area (Å²) in [7, 11) is 0. The predicted octanol–water partition coefficient (Wildman–Crippen LogP) is -2.44. The average molecular weight is 595 g/mol. The van der Waals surface area contributed by atoms with Crippen LogP contribution in [0.1, 0.15) is 11.7 Å². The van der Waals surface area contributed by atoms with E-state index in [9.17, 15) is 55.9 Å². The van der Waals surface area contributed by atoms with Crippen LogP contribution < -0.4 is 10.2 Å². The van der Waals surface area contributed by atoms with Crippen molar-refractivity contribution >= 4 is 11.0 Å². The number of fused-ring (bicyclic) bond motifs is 1. The molecule has 3 heterocycles. The molecular weight excluding hydrogens is 564 g/mol. The molecule has 2 aromatic carbocycles. The Hall–Kier alpha value is -3.35. The SMILES string of the molecule is O=c1cc(-c2ccc(O[C@@H]3O[C@H](CO)[C@H](O)[C@H](O)[C@H]3O)cc2)oc2c([C@@H]3O[C@H](CO)[C@@H](O)[C@H](O)[C@H]3O)c(O)cc(O)c12. The number of benzene rings is 2. The predicted molar refractivity (Wildman–Crippen MR) is 138 cm³/mol. The number of aliphatic hydroxyl groups excluding tert-OH is 8. The number of phenolic OH excluding ortho intramolecular Hbond substituents is 2. The summed E-state index contributed by atoms with van der Waals surface area (Å²) in [5, 5.41) is 101. The number of hydrogen-bond donors (Lipinski definition) is 10. The average Bonchev–Trinajstić information content (AvgIpc) is 2.97. The third-order valence-electron chi connectivity index (χ3n) is 7.41. The Kier molecular flexibility index (Phi) is 8.41. The van der Waals surface area contributed by atoms with Crippen LogP contribution in [0.3, 0.4) is 0 Å². The fourth-order valence-corrected chi connectivity index (χ4v) is 5.08. The smallest absolute Gasteiger partial charge is 0.229 e. The molecule has 15 heteroatoms. The first-order valence-electron chi connectivity index (χ1n) is 12.9. The lowest BCUT2D eigenvalue weighted by atomic mass is 9.89. The van der Waals surface area contributed by atoms with Gasteiger partial charge in [-0.25, -0.2) is 0 Å². The van der Waals surface area contributed by atoms with Gasteiger partial charge in [0.25, 0.3) is 0 Å². The fourth-order valence-electron chi connectivity index (χ4n) is 5.08. The number of hydrogen-bond acceptors (Lipinski definition) is 15. The van der Waals surface area contributed by atoms with Crippen LogP contribution in [0.2, 0.25) is 0 Å². The molecule has 0 bridgehead atoms. The van der Waals surface area contributed by atoms with E-state index in [2.05, 4.69) is 0 Å². The normalized spacial score (nSPS) is 33.5. The second-order valence-electron chi connectivity index (χ2n) is 10.1. The molecule has 0 radical (unpaired) electrons. The van der Waals surface area contributed by atoms with Crippen molar-refractivity contribution in [2.45, 2.75) is 61.2 Å². The molecule has 0 aliphatic carbocycles. The number of rotatable bonds is 6. The van der Waals surface area contributed by atoms with Gasteiger partial charge in [-0.15, -0.1) is 0 Å². The molecular formula is C27H30O15. The van der Waals surface area contributed by atoms with E-state index < -0.39 is 91.4 Å². The molecule has 2 aliphatic heterocycles. The van der Waals surface area contributed by atoms with Crippen LogP contribution in [-0.2, 0) is 9.47 Å². The summed E-state index contributed by atoms with van der Waals surface area (Å²) in [6.45, 7) is -1.38. The molecule has 228 valence electrons. The molecule has 0 saturated carbocycles. The first kappa shape index (κ1) is 30.1. The Morgan fingerprint density at radius 2 is 1.31 bits per heavy atom. The Morgan fingerprint density at radius 1 is 0.714 bits per heavy atom. The summed E-state index contributed by atoms with van der Waals surface area (Å²) >= 11 is 0. The highest BCUT2D eigenvalue weighted by Crippen LogP contribution is 2.43. The maximum absolute atomic E-state index is 13.1. The van der Waals surface area contributed by atoms with Gasteiger partial charge in [0.1, 0.15) is 83.3 Å². The van der Waals surface area contributed by atoms with Gasteiger partial charge in [-0.3, -0.25) is 4.79 Å². The highest BCUT2D eigenvalue weighted by molar-refractivity contribution is 5.89. The number of phenols is 2. The van der Waals surface area contributed by atoms with Crippen molar-refractivity contribution in [3.63, 3.8) is 0 Å². The Bertz CT molecular complexity index is 1470. The van der Waals surface area contributed by atoms with Crippen molar-refractivity contribution in [3.05, 3.63) is 52.2 Å². The van der Waals surface area contributed by atoms with Gasteiger partial charge in [-0.1, -0.05) is 0 Å². The van der Waals surface area contributed by atoms with Gasteiger partial charge in [-0.05, 0) is 24.3 Å². The molecule has 15 nitrogen and oxygen atoms in total. The van der Waals surface area contributed by atoms with Gasteiger partial charge in [0.15, 0.2) is 11.0 Å². The Labute approximate surface area is 236 Å². The zero-order chi connectivity index (χ0) is 30.5. The minimum Gasteiger partial charge on any atom is -0.507 e. The highest BCUT2D eigenvalue weighted by Gasteiger charge is 2.46. The van der Waals surface area contributed by atoms with Crippen molar-refractivity contribution in [1.82, 2.24) is 0 Å². The standard InChI is InChI=1S/C27H30O15/c28-7-15-19(33)21(35)23(37)26(41-15)18-12(31)5-11(30)17-13(32)6-14(40-25(17)18)9-1-3-10(4-2-9)39-27-24(38)22(36)20(34)16(8-29)42-27/h1-6,15-16,19-24,26-31,33-38H,7-8H2/t15-,16-,19-,20+,21+,22+,23-,24-,26+,27-/m1/s1. The zero-order valence-corrected chi connectivity index (χ0v) is 21.7. The minimum absolute atomic E-state index is 0.0669. The molecule has 1 aromatic heterocycles. The van der Waals surface area contributed by atoms with E-state index in [-0.39, 0.29) is 33.6 Å². The van der Waals surface area contributed by atoms with E-state index in [4.69, 9.17) is 18.6 Å². The van der Waals surface area contributed by atoms with Gasteiger partial charge in [0, 0.05) is 17.7 Å². The van der Waals surface area contributed by atoms with Crippen LogP contribution in [0.5, 0.6) is 17.2 Å². The third-order valence-corrected chi connectivity index (χ3v) is 7.41. The van der Waals surface area contributed by atoms with Gasteiger partial charge < -0.3 is 69.7 Å². The van der Waals surface area contributed by atoms with E-state index in [0.29, 0.717) is 0 Å². The van der Waals surface area contributed by atoms with Crippen molar-refractivity contribution < 1.29 is 69.7 Å². The Morgan fingerprint density at radius 3 is 1.93 bits per heavy atom. The molecule has 0 spiro atoms. The number of ether oxygens (including phenoxy) is 3. The topological polar surface area (TPSA) is 260 Å². The lowest BCUT2D eigenvalue weighted by molar-refractivity contribution is -0.277. The molecule has 0 amide bonds. The fraction of sp³-hybridized carbons (Fsp3) is 0.444. The summed E-state index contributed by atoms with van der Waals surface area (Å²) in [6, 6.07) is 7.59. The molecule has 10 atom stereocenters. The van der Waals surface area contributed by atoms with Crippen LogP contribution in [0, 0.1) is 0 Å². The first-order chi connectivity index (χ1) is 20.0. The van der Waals surface area contributed by atoms with Crippen LogP contribution in [-0.4, -0.2) is 119 Å². The first-order valence-corrected chi connectivity index (χ1v) is 12.9. The van der Waals surface area contributed by atoms with E-state index in [0.717, 1.165) is 12.1 Å². The Balaban J connectivity index is 1.50. The lowest BCUT2D eigenvalue weighted by Crippen LogP contribution is -2.60. The van der Waals surface area contributed by atoms with Crippen molar-refractivity contribution in [3.8, 4) is 28.6 Å².